The number of benzene rings is 1. The quantitative estimate of drug-likeness (QED) is 0.716. The predicted octanol–water partition coefficient (Wildman–Crippen LogP) is 4.89. The molecule has 1 aromatic carbocycles. The summed E-state index contributed by atoms with van der Waals surface area (Å²) in [5.41, 5.74) is 2.53. The van der Waals surface area contributed by atoms with Crippen LogP contribution in [0.2, 0.25) is 0 Å². The molecular formula is C18H27BrO2. The normalized spacial score (nSPS) is 22.2. The number of hydrogen-bond donors (Lipinski definition) is 0. The van der Waals surface area contributed by atoms with Crippen LogP contribution in [0.4, 0.5) is 0 Å². The summed E-state index contributed by atoms with van der Waals surface area (Å²) in [7, 11) is 0. The highest BCUT2D eigenvalue weighted by Gasteiger charge is 2.45. The number of hydrogen-bond acceptors (Lipinski definition) is 2. The fraction of sp³-hybridized carbons (Fsp3) is 0.667. The first-order valence-electron chi connectivity index (χ1n) is 7.76. The Balaban J connectivity index is 2.23. The molecule has 1 heterocycles. The van der Waals surface area contributed by atoms with Gasteiger partial charge in [-0.2, -0.15) is 0 Å². The molecule has 1 fully saturated rings. The van der Waals surface area contributed by atoms with Crippen LogP contribution in [0.1, 0.15) is 45.7 Å². The third-order valence-electron chi connectivity index (χ3n) is 3.88. The lowest BCUT2D eigenvalue weighted by atomic mass is 9.92. The van der Waals surface area contributed by atoms with Crippen LogP contribution in [-0.4, -0.2) is 18.0 Å². The maximum Gasteiger partial charge on any atom is 0.207 e. The molecule has 1 saturated heterocycles. The van der Waals surface area contributed by atoms with Gasteiger partial charge in [0.15, 0.2) is 0 Å². The van der Waals surface area contributed by atoms with Crippen LogP contribution < -0.4 is 0 Å². The Morgan fingerprint density at radius 2 is 1.57 bits per heavy atom. The first-order chi connectivity index (χ1) is 9.75. The second-order valence-electron chi connectivity index (χ2n) is 7.32. The van der Waals surface area contributed by atoms with Crippen molar-refractivity contribution in [3.05, 3.63) is 35.4 Å². The van der Waals surface area contributed by atoms with Crippen LogP contribution in [0.15, 0.2) is 24.3 Å². The highest BCUT2D eigenvalue weighted by Crippen LogP contribution is 2.41. The number of rotatable bonds is 4. The third kappa shape index (κ3) is 3.88. The van der Waals surface area contributed by atoms with E-state index in [1.54, 1.807) is 0 Å². The van der Waals surface area contributed by atoms with E-state index in [1.807, 2.05) is 0 Å². The van der Waals surface area contributed by atoms with E-state index in [1.165, 1.54) is 5.56 Å². The Morgan fingerprint density at radius 1 is 1.05 bits per heavy atom. The van der Waals surface area contributed by atoms with Crippen molar-refractivity contribution in [2.75, 3.05) is 13.2 Å². The van der Waals surface area contributed by atoms with E-state index < -0.39 is 5.79 Å². The molecule has 0 aromatic heterocycles. The lowest BCUT2D eigenvalue weighted by molar-refractivity contribution is -0.305. The second kappa shape index (κ2) is 6.39. The van der Waals surface area contributed by atoms with E-state index in [9.17, 15) is 0 Å². The average molecular weight is 355 g/mol. The lowest BCUT2D eigenvalue weighted by Crippen LogP contribution is -2.49. The highest BCUT2D eigenvalue weighted by atomic mass is 79.9. The largest absolute Gasteiger partial charge is 0.344 e. The van der Waals surface area contributed by atoms with Crippen molar-refractivity contribution in [3.63, 3.8) is 0 Å². The predicted molar refractivity (Wildman–Crippen MR) is 90.7 cm³/mol. The van der Waals surface area contributed by atoms with E-state index in [0.717, 1.165) is 12.0 Å². The van der Waals surface area contributed by atoms with E-state index in [2.05, 4.69) is 74.8 Å². The van der Waals surface area contributed by atoms with Gasteiger partial charge in [0, 0.05) is 11.0 Å². The Kier molecular flexibility index (Phi) is 5.17. The van der Waals surface area contributed by atoms with Crippen molar-refractivity contribution in [2.45, 2.75) is 51.7 Å². The van der Waals surface area contributed by atoms with Gasteiger partial charge in [-0.1, -0.05) is 67.9 Å². The number of halogens is 1. The van der Waals surface area contributed by atoms with Crippen molar-refractivity contribution in [1.82, 2.24) is 0 Å². The fourth-order valence-corrected chi connectivity index (χ4v) is 3.19. The molecule has 2 rings (SSSR count). The van der Waals surface area contributed by atoms with Crippen LogP contribution in [0.25, 0.3) is 0 Å². The zero-order valence-corrected chi connectivity index (χ0v) is 15.4. The summed E-state index contributed by atoms with van der Waals surface area (Å²) >= 11 is 3.68. The van der Waals surface area contributed by atoms with Crippen molar-refractivity contribution < 1.29 is 9.47 Å². The molecule has 0 N–H and O–H groups in total. The maximum atomic E-state index is 6.18. The minimum absolute atomic E-state index is 0.0724. The van der Waals surface area contributed by atoms with Crippen molar-refractivity contribution in [1.29, 1.82) is 0 Å². The van der Waals surface area contributed by atoms with E-state index in [4.69, 9.17) is 9.47 Å². The molecule has 1 aliphatic rings. The summed E-state index contributed by atoms with van der Waals surface area (Å²) in [6.07, 6.45) is 1.10. The molecule has 0 aliphatic carbocycles. The fourth-order valence-electron chi connectivity index (χ4n) is 2.66. The van der Waals surface area contributed by atoms with E-state index in [0.29, 0.717) is 19.1 Å². The minimum atomic E-state index is -0.675. The first-order valence-corrected chi connectivity index (χ1v) is 8.68. The van der Waals surface area contributed by atoms with Crippen LogP contribution >= 0.6 is 15.9 Å². The summed E-state index contributed by atoms with van der Waals surface area (Å²) in [6, 6.07) is 8.68. The molecule has 1 aromatic rings. The van der Waals surface area contributed by atoms with E-state index >= 15 is 0 Å². The molecule has 21 heavy (non-hydrogen) atoms. The average Bonchev–Trinajstić information content (AvgIpc) is 2.39. The summed E-state index contributed by atoms with van der Waals surface area (Å²) in [5, 5.41) is 0. The van der Waals surface area contributed by atoms with Gasteiger partial charge < -0.3 is 9.47 Å². The third-order valence-corrected chi connectivity index (χ3v) is 4.48. The summed E-state index contributed by atoms with van der Waals surface area (Å²) < 4.78 is 12.4. The molecule has 2 nitrogen and oxygen atoms in total. The molecule has 0 saturated carbocycles. The molecule has 118 valence electrons. The van der Waals surface area contributed by atoms with Gasteiger partial charge in [-0.15, -0.1) is 0 Å². The smallest absolute Gasteiger partial charge is 0.207 e. The highest BCUT2D eigenvalue weighted by molar-refractivity contribution is 9.09. The number of ether oxygens (including phenoxy) is 2. The van der Waals surface area contributed by atoms with Gasteiger partial charge >= 0.3 is 0 Å². The maximum absolute atomic E-state index is 6.18. The Hall–Kier alpha value is -0.380. The van der Waals surface area contributed by atoms with Gasteiger partial charge in [-0.3, -0.25) is 0 Å². The van der Waals surface area contributed by atoms with Crippen molar-refractivity contribution in [3.8, 4) is 0 Å². The Bertz CT molecular complexity index is 453. The van der Waals surface area contributed by atoms with Gasteiger partial charge in [0.2, 0.25) is 5.79 Å². The zero-order chi connectivity index (χ0) is 15.7. The molecule has 3 heteroatoms. The van der Waals surface area contributed by atoms with Gasteiger partial charge in [0.25, 0.3) is 0 Å². The molecule has 0 spiro atoms. The van der Waals surface area contributed by atoms with Crippen molar-refractivity contribution >= 4 is 15.9 Å². The molecular weight excluding hydrogens is 328 g/mol. The summed E-state index contributed by atoms with van der Waals surface area (Å²) in [4.78, 5) is 0.0945. The molecule has 1 unspecified atom stereocenters. The summed E-state index contributed by atoms with van der Waals surface area (Å²) in [6.45, 7) is 12.3. The lowest BCUT2D eigenvalue weighted by Gasteiger charge is -2.45. The molecule has 0 radical (unpaired) electrons. The van der Waals surface area contributed by atoms with Gasteiger partial charge in [0.1, 0.15) is 0 Å². The second-order valence-corrected chi connectivity index (χ2v) is 8.69. The van der Waals surface area contributed by atoms with Gasteiger partial charge in [-0.25, -0.2) is 0 Å². The minimum Gasteiger partial charge on any atom is -0.344 e. The van der Waals surface area contributed by atoms with E-state index in [-0.39, 0.29) is 10.2 Å². The SMILES string of the molecule is CC(C)Cc1ccc(C2(C(C)Br)OCC(C)(C)CO2)cc1. The monoisotopic (exact) mass is 354 g/mol. The zero-order valence-electron chi connectivity index (χ0n) is 13.8. The van der Waals surface area contributed by atoms with Crippen molar-refractivity contribution in [2.24, 2.45) is 11.3 Å². The van der Waals surface area contributed by atoms with Crippen LogP contribution in [0.5, 0.6) is 0 Å². The first kappa shape index (κ1) is 17.0. The topological polar surface area (TPSA) is 18.5 Å². The molecule has 0 amide bonds. The Morgan fingerprint density at radius 3 is 2.00 bits per heavy atom. The Labute approximate surface area is 137 Å². The van der Waals surface area contributed by atoms with Crippen LogP contribution in [-0.2, 0) is 21.7 Å². The van der Waals surface area contributed by atoms with Gasteiger partial charge in [0.05, 0.1) is 18.0 Å². The van der Waals surface area contributed by atoms with Gasteiger partial charge in [-0.05, 0) is 24.8 Å². The number of alkyl halides is 1. The molecule has 1 aliphatic heterocycles. The standard InChI is InChI=1S/C18H27BrO2/c1-13(2)10-15-6-8-16(9-7-15)18(14(3)19)20-11-17(4,5)12-21-18/h6-9,13-14H,10-12H2,1-5H3. The molecule has 0 bridgehead atoms. The van der Waals surface area contributed by atoms with Crippen LogP contribution in [0, 0.1) is 11.3 Å². The summed E-state index contributed by atoms with van der Waals surface area (Å²) in [5.74, 6) is -0.00538. The molecule has 1 atom stereocenters. The van der Waals surface area contributed by atoms with Crippen LogP contribution in [0.3, 0.4) is 0 Å².